The Morgan fingerprint density at radius 2 is 2.00 bits per heavy atom. The molecule has 0 aliphatic carbocycles. The molecule has 0 radical (unpaired) electrons. The number of rotatable bonds is 2. The van der Waals surface area contributed by atoms with E-state index in [-0.39, 0.29) is 18.3 Å². The molecule has 2 atom stereocenters. The standard InChI is InChI=1S/C13H20N2O2/c1-8-4-12(14)13(15-7-8)17-11-5-9(2)16-10(3)6-11/h4,7,9-11H,5-6,14H2,1-3H3. The fourth-order valence-corrected chi connectivity index (χ4v) is 2.28. The van der Waals surface area contributed by atoms with Gasteiger partial charge in [0.1, 0.15) is 6.10 Å². The molecule has 1 fully saturated rings. The van der Waals surface area contributed by atoms with Crippen LogP contribution in [0.25, 0.3) is 0 Å². The molecule has 4 nitrogen and oxygen atoms in total. The monoisotopic (exact) mass is 236 g/mol. The Balaban J connectivity index is 2.04. The van der Waals surface area contributed by atoms with E-state index in [1.807, 2.05) is 13.0 Å². The lowest BCUT2D eigenvalue weighted by molar-refractivity contribution is -0.0728. The van der Waals surface area contributed by atoms with Crippen LogP contribution in [0.15, 0.2) is 12.3 Å². The first-order chi connectivity index (χ1) is 8.04. The first-order valence-corrected chi connectivity index (χ1v) is 6.09. The highest BCUT2D eigenvalue weighted by atomic mass is 16.5. The summed E-state index contributed by atoms with van der Waals surface area (Å²) in [4.78, 5) is 4.23. The number of ether oxygens (including phenoxy) is 2. The van der Waals surface area contributed by atoms with E-state index in [0.717, 1.165) is 18.4 Å². The van der Waals surface area contributed by atoms with E-state index >= 15 is 0 Å². The third-order valence-corrected chi connectivity index (χ3v) is 2.95. The Labute approximate surface area is 102 Å². The van der Waals surface area contributed by atoms with Gasteiger partial charge in [-0.25, -0.2) is 4.98 Å². The average molecular weight is 236 g/mol. The number of pyridine rings is 1. The fraction of sp³-hybridized carbons (Fsp3) is 0.615. The van der Waals surface area contributed by atoms with Crippen molar-refractivity contribution in [1.29, 1.82) is 0 Å². The zero-order valence-corrected chi connectivity index (χ0v) is 10.6. The van der Waals surface area contributed by atoms with Gasteiger partial charge in [-0.15, -0.1) is 0 Å². The van der Waals surface area contributed by atoms with Crippen LogP contribution in [-0.4, -0.2) is 23.3 Å². The van der Waals surface area contributed by atoms with Crippen molar-refractivity contribution in [2.45, 2.75) is 51.9 Å². The molecule has 1 aliphatic rings. The third-order valence-electron chi connectivity index (χ3n) is 2.95. The van der Waals surface area contributed by atoms with E-state index < -0.39 is 0 Å². The summed E-state index contributed by atoms with van der Waals surface area (Å²) in [6.45, 7) is 6.10. The Hall–Kier alpha value is -1.29. The van der Waals surface area contributed by atoms with Crippen molar-refractivity contribution < 1.29 is 9.47 Å². The second kappa shape index (κ2) is 4.92. The minimum Gasteiger partial charge on any atom is -0.473 e. The van der Waals surface area contributed by atoms with E-state index in [4.69, 9.17) is 15.2 Å². The van der Waals surface area contributed by atoms with Gasteiger partial charge in [0.25, 0.3) is 0 Å². The van der Waals surface area contributed by atoms with Gasteiger partial charge in [0.05, 0.1) is 17.9 Å². The molecule has 2 unspecified atom stereocenters. The van der Waals surface area contributed by atoms with Crippen LogP contribution in [0.2, 0.25) is 0 Å². The van der Waals surface area contributed by atoms with Crippen LogP contribution in [0.1, 0.15) is 32.3 Å². The number of anilines is 1. The molecule has 0 spiro atoms. The summed E-state index contributed by atoms with van der Waals surface area (Å²) in [6.07, 6.45) is 4.16. The molecular weight excluding hydrogens is 216 g/mol. The Bertz CT molecular complexity index is 385. The molecule has 1 aromatic heterocycles. The lowest BCUT2D eigenvalue weighted by Gasteiger charge is -2.32. The summed E-state index contributed by atoms with van der Waals surface area (Å²) in [6, 6.07) is 1.88. The van der Waals surface area contributed by atoms with Crippen molar-refractivity contribution in [1.82, 2.24) is 4.98 Å². The van der Waals surface area contributed by atoms with Gasteiger partial charge in [0.15, 0.2) is 0 Å². The van der Waals surface area contributed by atoms with Crippen molar-refractivity contribution in [2.75, 3.05) is 5.73 Å². The lowest BCUT2D eigenvalue weighted by atomic mass is 10.0. The van der Waals surface area contributed by atoms with Crippen molar-refractivity contribution in [3.63, 3.8) is 0 Å². The van der Waals surface area contributed by atoms with Gasteiger partial charge in [-0.2, -0.15) is 0 Å². The maximum absolute atomic E-state index is 5.89. The minimum atomic E-state index is 0.145. The van der Waals surface area contributed by atoms with E-state index in [9.17, 15) is 0 Å². The number of nitrogens with zero attached hydrogens (tertiary/aromatic N) is 1. The van der Waals surface area contributed by atoms with Gasteiger partial charge in [-0.1, -0.05) is 0 Å². The highest BCUT2D eigenvalue weighted by Gasteiger charge is 2.26. The molecule has 2 N–H and O–H groups in total. The molecule has 2 rings (SSSR count). The van der Waals surface area contributed by atoms with E-state index in [2.05, 4.69) is 18.8 Å². The Kier molecular flexibility index (Phi) is 3.52. The zero-order chi connectivity index (χ0) is 12.4. The maximum atomic E-state index is 5.89. The molecular formula is C13H20N2O2. The van der Waals surface area contributed by atoms with E-state index in [1.54, 1.807) is 6.20 Å². The van der Waals surface area contributed by atoms with Crippen LogP contribution in [0, 0.1) is 6.92 Å². The summed E-state index contributed by atoms with van der Waals surface area (Å²) in [7, 11) is 0. The number of nitrogens with two attached hydrogens (primary N) is 1. The van der Waals surface area contributed by atoms with Crippen LogP contribution < -0.4 is 10.5 Å². The van der Waals surface area contributed by atoms with Crippen LogP contribution in [0.4, 0.5) is 5.69 Å². The van der Waals surface area contributed by atoms with Crippen molar-refractivity contribution in [2.24, 2.45) is 0 Å². The van der Waals surface area contributed by atoms with Crippen LogP contribution in [0.3, 0.4) is 0 Å². The maximum Gasteiger partial charge on any atom is 0.237 e. The lowest BCUT2D eigenvalue weighted by Crippen LogP contribution is -2.36. The van der Waals surface area contributed by atoms with Crippen LogP contribution in [-0.2, 0) is 4.74 Å². The quantitative estimate of drug-likeness (QED) is 0.856. The first kappa shape index (κ1) is 12.2. The Morgan fingerprint density at radius 1 is 1.35 bits per heavy atom. The average Bonchev–Trinajstić information content (AvgIpc) is 2.21. The highest BCUT2D eigenvalue weighted by Crippen LogP contribution is 2.26. The molecule has 1 saturated heterocycles. The molecule has 0 saturated carbocycles. The zero-order valence-electron chi connectivity index (χ0n) is 10.6. The van der Waals surface area contributed by atoms with Crippen molar-refractivity contribution in [3.05, 3.63) is 17.8 Å². The summed E-state index contributed by atoms with van der Waals surface area (Å²) in [5.41, 5.74) is 7.54. The predicted molar refractivity (Wildman–Crippen MR) is 67.0 cm³/mol. The van der Waals surface area contributed by atoms with Crippen LogP contribution in [0.5, 0.6) is 5.88 Å². The summed E-state index contributed by atoms with van der Waals surface area (Å²) < 4.78 is 11.5. The number of hydrogen-bond acceptors (Lipinski definition) is 4. The van der Waals surface area contributed by atoms with Crippen molar-refractivity contribution >= 4 is 5.69 Å². The van der Waals surface area contributed by atoms with Gasteiger partial charge in [-0.3, -0.25) is 0 Å². The molecule has 0 bridgehead atoms. The summed E-state index contributed by atoms with van der Waals surface area (Å²) in [5.74, 6) is 0.543. The third kappa shape index (κ3) is 3.09. The molecule has 0 aromatic carbocycles. The summed E-state index contributed by atoms with van der Waals surface area (Å²) >= 11 is 0. The molecule has 0 amide bonds. The molecule has 2 heterocycles. The van der Waals surface area contributed by atoms with Crippen LogP contribution >= 0.6 is 0 Å². The molecule has 4 heteroatoms. The molecule has 1 aromatic rings. The van der Waals surface area contributed by atoms with Gasteiger partial charge in [0, 0.05) is 19.0 Å². The SMILES string of the molecule is Cc1cnc(OC2CC(C)OC(C)C2)c(N)c1. The molecule has 17 heavy (non-hydrogen) atoms. The first-order valence-electron chi connectivity index (χ1n) is 6.09. The number of aromatic nitrogens is 1. The van der Waals surface area contributed by atoms with E-state index in [1.165, 1.54) is 0 Å². The largest absolute Gasteiger partial charge is 0.473 e. The van der Waals surface area contributed by atoms with Crippen molar-refractivity contribution in [3.8, 4) is 5.88 Å². The van der Waals surface area contributed by atoms with E-state index in [0.29, 0.717) is 11.6 Å². The second-order valence-electron chi connectivity index (χ2n) is 4.88. The van der Waals surface area contributed by atoms with Gasteiger partial charge >= 0.3 is 0 Å². The second-order valence-corrected chi connectivity index (χ2v) is 4.88. The number of nitrogen functional groups attached to an aromatic ring is 1. The normalized spacial score (nSPS) is 29.0. The Morgan fingerprint density at radius 3 is 2.59 bits per heavy atom. The number of hydrogen-bond donors (Lipinski definition) is 1. The summed E-state index contributed by atoms with van der Waals surface area (Å²) in [5, 5.41) is 0. The predicted octanol–water partition coefficient (Wildman–Crippen LogP) is 2.31. The van der Waals surface area contributed by atoms with Gasteiger partial charge in [-0.05, 0) is 32.4 Å². The smallest absolute Gasteiger partial charge is 0.237 e. The molecule has 94 valence electrons. The fourth-order valence-electron chi connectivity index (χ4n) is 2.28. The number of aryl methyl sites for hydroxylation is 1. The highest BCUT2D eigenvalue weighted by molar-refractivity contribution is 5.49. The minimum absolute atomic E-state index is 0.145. The van der Waals surface area contributed by atoms with Gasteiger partial charge < -0.3 is 15.2 Å². The topological polar surface area (TPSA) is 57.4 Å². The van der Waals surface area contributed by atoms with Gasteiger partial charge in [0.2, 0.25) is 5.88 Å². The molecule has 1 aliphatic heterocycles.